The maximum absolute atomic E-state index is 12.3. The monoisotopic (exact) mass is 384 g/mol. The van der Waals surface area contributed by atoms with Crippen LogP contribution in [0.3, 0.4) is 0 Å². The first-order valence-corrected chi connectivity index (χ1v) is 9.05. The Kier molecular flexibility index (Phi) is 4.43. The highest BCUT2D eigenvalue weighted by molar-refractivity contribution is 7.93. The van der Waals surface area contributed by atoms with Crippen LogP contribution in [0.2, 0.25) is 0 Å². The van der Waals surface area contributed by atoms with Gasteiger partial charge in [-0.05, 0) is 37.0 Å². The number of nitrogens with zero attached hydrogens (tertiary/aromatic N) is 3. The van der Waals surface area contributed by atoms with Crippen molar-refractivity contribution in [3.05, 3.63) is 30.1 Å². The molecule has 0 bridgehead atoms. The Labute approximate surface area is 150 Å². The molecule has 0 spiro atoms. The number of hydrogen-bond donors (Lipinski definition) is 3. The zero-order valence-electron chi connectivity index (χ0n) is 13.0. The van der Waals surface area contributed by atoms with Crippen LogP contribution >= 0.6 is 12.4 Å². The largest absolute Gasteiger partial charge is 0.350 e. The molecule has 1 atom stereocenters. The molecule has 2 aromatic rings. The van der Waals surface area contributed by atoms with Gasteiger partial charge in [-0.15, -0.1) is 12.4 Å². The number of sulfonamides is 1. The summed E-state index contributed by atoms with van der Waals surface area (Å²) in [6.07, 6.45) is 3.45. The number of anilines is 1. The Morgan fingerprint density at radius 1 is 1.44 bits per heavy atom. The van der Waals surface area contributed by atoms with E-state index in [9.17, 15) is 13.2 Å². The molecular weight excluding hydrogens is 368 g/mol. The zero-order chi connectivity index (χ0) is 16.9. The molecule has 1 saturated carbocycles. The molecule has 134 valence electrons. The molecule has 25 heavy (non-hydrogen) atoms. The summed E-state index contributed by atoms with van der Waals surface area (Å²) in [5, 5.41) is 6.74. The molecule has 1 aromatic carbocycles. The predicted molar refractivity (Wildman–Crippen MR) is 92.4 cm³/mol. The molecule has 1 fully saturated rings. The van der Waals surface area contributed by atoms with Gasteiger partial charge in [-0.25, -0.2) is 13.1 Å². The van der Waals surface area contributed by atoms with Gasteiger partial charge in [0.15, 0.2) is 0 Å². The highest BCUT2D eigenvalue weighted by Gasteiger charge is 2.31. The summed E-state index contributed by atoms with van der Waals surface area (Å²) in [6, 6.07) is 4.38. The summed E-state index contributed by atoms with van der Waals surface area (Å²) in [7, 11) is -3.79. The van der Waals surface area contributed by atoms with Gasteiger partial charge in [0, 0.05) is 18.2 Å². The van der Waals surface area contributed by atoms with Crippen LogP contribution < -0.4 is 15.8 Å². The minimum absolute atomic E-state index is 0. The Bertz CT molecular complexity index is 924. The topological polar surface area (TPSA) is 132 Å². The van der Waals surface area contributed by atoms with E-state index in [1.54, 1.807) is 12.1 Å². The first-order valence-electron chi connectivity index (χ1n) is 7.57. The van der Waals surface area contributed by atoms with Gasteiger partial charge in [-0.2, -0.15) is 14.8 Å². The molecule has 2 aliphatic rings. The van der Waals surface area contributed by atoms with Crippen LogP contribution in [0.1, 0.15) is 23.2 Å². The van der Waals surface area contributed by atoms with Crippen molar-refractivity contribution in [2.45, 2.75) is 23.8 Å². The number of rotatable bonds is 4. The summed E-state index contributed by atoms with van der Waals surface area (Å²) in [4.78, 5) is 16.1. The van der Waals surface area contributed by atoms with Crippen LogP contribution in [0.5, 0.6) is 0 Å². The maximum atomic E-state index is 12.3. The highest BCUT2D eigenvalue weighted by Crippen LogP contribution is 2.31. The van der Waals surface area contributed by atoms with E-state index in [-0.39, 0.29) is 40.8 Å². The fourth-order valence-electron chi connectivity index (χ4n) is 2.71. The Morgan fingerprint density at radius 2 is 2.20 bits per heavy atom. The van der Waals surface area contributed by atoms with Gasteiger partial charge < -0.3 is 11.1 Å². The molecule has 1 aromatic heterocycles. The highest BCUT2D eigenvalue weighted by atomic mass is 35.5. The minimum atomic E-state index is -3.79. The van der Waals surface area contributed by atoms with Crippen molar-refractivity contribution in [2.75, 3.05) is 11.3 Å². The molecule has 11 heteroatoms. The number of fused-ring (bicyclic) bond motifs is 3. The van der Waals surface area contributed by atoms with E-state index in [1.165, 1.54) is 17.1 Å². The minimum Gasteiger partial charge on any atom is -0.350 e. The van der Waals surface area contributed by atoms with Crippen molar-refractivity contribution in [1.29, 1.82) is 0 Å². The average Bonchev–Trinajstić information content (AvgIpc) is 3.31. The van der Waals surface area contributed by atoms with Crippen molar-refractivity contribution in [3.8, 4) is 5.69 Å². The number of benzene rings is 1. The molecule has 1 aliphatic heterocycles. The Balaban J connectivity index is 0.00000182. The quantitative estimate of drug-likeness (QED) is 0.693. The zero-order valence-corrected chi connectivity index (χ0v) is 14.7. The molecule has 0 saturated heterocycles. The second-order valence-electron chi connectivity index (χ2n) is 5.99. The number of hydrogen-bond acceptors (Lipinski definition) is 6. The lowest BCUT2D eigenvalue weighted by atomic mass is 10.1. The second-order valence-corrected chi connectivity index (χ2v) is 7.65. The summed E-state index contributed by atoms with van der Waals surface area (Å²) >= 11 is 0. The fourth-order valence-corrected chi connectivity index (χ4v) is 3.91. The van der Waals surface area contributed by atoms with E-state index in [0.29, 0.717) is 18.2 Å². The first kappa shape index (κ1) is 17.6. The van der Waals surface area contributed by atoms with E-state index < -0.39 is 10.0 Å². The van der Waals surface area contributed by atoms with Gasteiger partial charge >= 0.3 is 0 Å². The van der Waals surface area contributed by atoms with Crippen molar-refractivity contribution >= 4 is 34.3 Å². The third kappa shape index (κ3) is 3.20. The summed E-state index contributed by atoms with van der Waals surface area (Å²) in [5.41, 5.74) is 6.57. The number of aromatic nitrogens is 3. The van der Waals surface area contributed by atoms with Gasteiger partial charge in [0.05, 0.1) is 5.69 Å². The lowest BCUT2D eigenvalue weighted by Gasteiger charge is -2.19. The lowest BCUT2D eigenvalue weighted by Crippen LogP contribution is -2.38. The molecule has 1 amide bonds. The van der Waals surface area contributed by atoms with Crippen LogP contribution in [-0.4, -0.2) is 41.7 Å². The predicted octanol–water partition coefficient (Wildman–Crippen LogP) is 0.270. The molecule has 0 radical (unpaired) electrons. The molecule has 1 unspecified atom stereocenters. The maximum Gasteiger partial charge on any atom is 0.266 e. The van der Waals surface area contributed by atoms with Gasteiger partial charge in [-0.3, -0.25) is 4.79 Å². The smallest absolute Gasteiger partial charge is 0.266 e. The number of carbonyl (C=O) groups excluding carboxylic acids is 1. The van der Waals surface area contributed by atoms with Crippen LogP contribution in [0.15, 0.2) is 29.4 Å². The van der Waals surface area contributed by atoms with E-state index in [2.05, 4.69) is 20.1 Å². The van der Waals surface area contributed by atoms with Gasteiger partial charge in [0.2, 0.25) is 5.95 Å². The lowest BCUT2D eigenvalue weighted by molar-refractivity contribution is 0.0950. The normalized spacial score (nSPS) is 18.1. The van der Waals surface area contributed by atoms with Crippen LogP contribution in [0.25, 0.3) is 5.69 Å². The number of halogens is 1. The van der Waals surface area contributed by atoms with Crippen molar-refractivity contribution in [3.63, 3.8) is 0 Å². The standard InChI is InChI=1S/C14H16N6O3S.ClH/c15-10(8-1-2-8)6-16-13(21)9-3-4-11-12(5-9)24(22,23)19-14-17-7-18-20(11)14;/h3-5,7-8,10H,1-2,6,15H2,(H,16,21)(H,17,18,19);1H. The Hall–Kier alpha value is -2.17. The summed E-state index contributed by atoms with van der Waals surface area (Å²) < 4.78 is 28.4. The van der Waals surface area contributed by atoms with E-state index >= 15 is 0 Å². The summed E-state index contributed by atoms with van der Waals surface area (Å²) in [5.74, 6) is 0.243. The van der Waals surface area contributed by atoms with Crippen molar-refractivity contribution in [2.24, 2.45) is 11.7 Å². The van der Waals surface area contributed by atoms with Gasteiger partial charge in [0.1, 0.15) is 11.2 Å². The number of nitrogens with two attached hydrogens (primary N) is 1. The van der Waals surface area contributed by atoms with Crippen LogP contribution in [0.4, 0.5) is 5.95 Å². The van der Waals surface area contributed by atoms with Crippen LogP contribution in [-0.2, 0) is 10.0 Å². The molecule has 9 nitrogen and oxygen atoms in total. The van der Waals surface area contributed by atoms with Crippen molar-refractivity contribution in [1.82, 2.24) is 20.1 Å². The molecule has 2 heterocycles. The average molecular weight is 385 g/mol. The van der Waals surface area contributed by atoms with Crippen molar-refractivity contribution < 1.29 is 13.2 Å². The van der Waals surface area contributed by atoms with E-state index in [0.717, 1.165) is 12.8 Å². The molecular formula is C14H17ClN6O3S. The van der Waals surface area contributed by atoms with Gasteiger partial charge in [-0.1, -0.05) is 0 Å². The third-order valence-corrected chi connectivity index (χ3v) is 5.60. The van der Waals surface area contributed by atoms with E-state index in [4.69, 9.17) is 5.73 Å². The molecule has 4 N–H and O–H groups in total. The van der Waals surface area contributed by atoms with Crippen LogP contribution in [0, 0.1) is 5.92 Å². The number of nitrogens with one attached hydrogen (secondary N) is 2. The second kappa shape index (κ2) is 6.28. The fraction of sp³-hybridized carbons (Fsp3) is 0.357. The SMILES string of the molecule is Cl.NC(CNC(=O)c1ccc2c(c1)S(=O)(=O)Nc1ncnn1-2)C1CC1. The van der Waals surface area contributed by atoms with E-state index in [1.807, 2.05) is 0 Å². The first-order chi connectivity index (χ1) is 11.5. The summed E-state index contributed by atoms with van der Waals surface area (Å²) in [6.45, 7) is 0.374. The third-order valence-electron chi connectivity index (χ3n) is 4.24. The molecule has 4 rings (SSSR count). The molecule has 1 aliphatic carbocycles. The number of amides is 1. The van der Waals surface area contributed by atoms with Gasteiger partial charge in [0.25, 0.3) is 15.9 Å². The number of carbonyl (C=O) groups is 1. The Morgan fingerprint density at radius 3 is 2.92 bits per heavy atom.